The van der Waals surface area contributed by atoms with E-state index in [4.69, 9.17) is 0 Å². The highest BCUT2D eigenvalue weighted by Gasteiger charge is 2.28. The minimum atomic E-state index is -3.07. The van der Waals surface area contributed by atoms with Crippen LogP contribution in [0.3, 0.4) is 0 Å². The van der Waals surface area contributed by atoms with Gasteiger partial charge in [-0.3, -0.25) is 0 Å². The van der Waals surface area contributed by atoms with Crippen LogP contribution in [0.5, 0.6) is 0 Å². The number of aliphatic hydroxyl groups is 1. The molecular formula is C10H11F3O. The van der Waals surface area contributed by atoms with Gasteiger partial charge in [0.25, 0.3) is 5.92 Å². The average molecular weight is 204 g/mol. The van der Waals surface area contributed by atoms with Crippen LogP contribution in [-0.4, -0.2) is 5.11 Å². The zero-order valence-corrected chi connectivity index (χ0v) is 7.89. The summed E-state index contributed by atoms with van der Waals surface area (Å²) in [4.78, 5) is 0. The normalized spacial score (nSPS) is 14.1. The predicted molar refractivity (Wildman–Crippen MR) is 46.6 cm³/mol. The first kappa shape index (κ1) is 11.0. The van der Waals surface area contributed by atoms with Gasteiger partial charge in [0, 0.05) is 12.5 Å². The van der Waals surface area contributed by atoms with Gasteiger partial charge in [0.1, 0.15) is 5.82 Å². The highest BCUT2D eigenvalue weighted by Crippen LogP contribution is 2.33. The molecule has 4 heteroatoms. The van der Waals surface area contributed by atoms with Crippen LogP contribution < -0.4 is 0 Å². The fourth-order valence-corrected chi connectivity index (χ4v) is 1.28. The number of alkyl halides is 2. The first-order valence-corrected chi connectivity index (χ1v) is 4.18. The summed E-state index contributed by atoms with van der Waals surface area (Å²) in [6.45, 7) is 2.04. The highest BCUT2D eigenvalue weighted by molar-refractivity contribution is 5.32. The Hall–Kier alpha value is -1.03. The van der Waals surface area contributed by atoms with Crippen LogP contribution in [-0.2, 0) is 5.92 Å². The number of hydrogen-bond acceptors (Lipinski definition) is 1. The molecule has 0 amide bonds. The summed E-state index contributed by atoms with van der Waals surface area (Å²) in [5.74, 6) is -3.70. The lowest BCUT2D eigenvalue weighted by Gasteiger charge is -2.17. The second-order valence-electron chi connectivity index (χ2n) is 3.30. The molecule has 0 aliphatic heterocycles. The van der Waals surface area contributed by atoms with E-state index in [0.29, 0.717) is 6.92 Å². The highest BCUT2D eigenvalue weighted by atomic mass is 19.3. The van der Waals surface area contributed by atoms with E-state index in [1.165, 1.54) is 6.92 Å². The second kappa shape index (κ2) is 3.61. The summed E-state index contributed by atoms with van der Waals surface area (Å²) >= 11 is 0. The van der Waals surface area contributed by atoms with Crippen molar-refractivity contribution < 1.29 is 18.3 Å². The van der Waals surface area contributed by atoms with Gasteiger partial charge in [-0.15, -0.1) is 0 Å². The summed E-state index contributed by atoms with van der Waals surface area (Å²) in [6, 6.07) is 2.88. The molecule has 0 aromatic heterocycles. The fraction of sp³-hybridized carbons (Fsp3) is 0.400. The molecule has 1 aromatic rings. The lowest BCUT2D eigenvalue weighted by molar-refractivity contribution is 0.0140. The minimum absolute atomic E-state index is 0.0718. The van der Waals surface area contributed by atoms with Crippen molar-refractivity contribution >= 4 is 0 Å². The maximum atomic E-state index is 13.0. The van der Waals surface area contributed by atoms with Crippen molar-refractivity contribution in [3.8, 4) is 0 Å². The number of rotatable bonds is 2. The Balaban J connectivity index is 3.29. The maximum Gasteiger partial charge on any atom is 0.270 e. The third-order valence-corrected chi connectivity index (χ3v) is 1.94. The lowest BCUT2D eigenvalue weighted by Crippen LogP contribution is -2.12. The number of aliphatic hydroxyl groups excluding tert-OH is 1. The van der Waals surface area contributed by atoms with Crippen molar-refractivity contribution in [2.24, 2.45) is 0 Å². The summed E-state index contributed by atoms with van der Waals surface area (Å²) in [7, 11) is 0. The van der Waals surface area contributed by atoms with Crippen LogP contribution in [0.2, 0.25) is 0 Å². The van der Waals surface area contributed by atoms with Gasteiger partial charge in [0.15, 0.2) is 0 Å². The van der Waals surface area contributed by atoms with E-state index >= 15 is 0 Å². The van der Waals surface area contributed by atoms with Crippen molar-refractivity contribution in [2.45, 2.75) is 25.9 Å². The van der Waals surface area contributed by atoms with Crippen LogP contribution in [0.15, 0.2) is 18.2 Å². The van der Waals surface area contributed by atoms with E-state index in [-0.39, 0.29) is 11.1 Å². The van der Waals surface area contributed by atoms with Gasteiger partial charge in [0.2, 0.25) is 0 Å². The molecule has 0 aliphatic carbocycles. The standard InChI is InChI=1S/C10H11F3O/c1-6(14)8-5-7(11)3-4-9(8)10(2,12)13/h3-6,14H,1-2H3. The van der Waals surface area contributed by atoms with Crippen LogP contribution >= 0.6 is 0 Å². The molecule has 1 aromatic carbocycles. The van der Waals surface area contributed by atoms with Crippen molar-refractivity contribution in [3.05, 3.63) is 35.1 Å². The Bertz CT molecular complexity index is 329. The van der Waals surface area contributed by atoms with E-state index in [1.807, 2.05) is 0 Å². The van der Waals surface area contributed by atoms with Crippen molar-refractivity contribution in [1.29, 1.82) is 0 Å². The van der Waals surface area contributed by atoms with E-state index < -0.39 is 17.8 Å². The van der Waals surface area contributed by atoms with E-state index in [1.54, 1.807) is 0 Å². The molecule has 0 aliphatic rings. The molecule has 0 spiro atoms. The molecule has 0 heterocycles. The van der Waals surface area contributed by atoms with Gasteiger partial charge in [-0.2, -0.15) is 0 Å². The van der Waals surface area contributed by atoms with Gasteiger partial charge in [-0.05, 0) is 30.7 Å². The van der Waals surface area contributed by atoms with Crippen molar-refractivity contribution in [2.75, 3.05) is 0 Å². The Morgan fingerprint density at radius 2 is 1.93 bits per heavy atom. The fourth-order valence-electron chi connectivity index (χ4n) is 1.28. The van der Waals surface area contributed by atoms with E-state index in [9.17, 15) is 18.3 Å². The van der Waals surface area contributed by atoms with Gasteiger partial charge < -0.3 is 5.11 Å². The SMILES string of the molecule is CC(O)c1cc(F)ccc1C(C)(F)F. The summed E-state index contributed by atoms with van der Waals surface area (Å²) < 4.78 is 38.7. The molecular weight excluding hydrogens is 193 g/mol. The third-order valence-electron chi connectivity index (χ3n) is 1.94. The molecule has 1 atom stereocenters. The van der Waals surface area contributed by atoms with Gasteiger partial charge >= 0.3 is 0 Å². The molecule has 1 N–H and O–H groups in total. The number of benzene rings is 1. The monoisotopic (exact) mass is 204 g/mol. The van der Waals surface area contributed by atoms with E-state index in [0.717, 1.165) is 18.2 Å². The smallest absolute Gasteiger partial charge is 0.270 e. The second-order valence-corrected chi connectivity index (χ2v) is 3.30. The van der Waals surface area contributed by atoms with Crippen molar-refractivity contribution in [3.63, 3.8) is 0 Å². The summed E-state index contributed by atoms with van der Waals surface area (Å²) in [5.41, 5.74) is -0.411. The largest absolute Gasteiger partial charge is 0.389 e. The first-order valence-electron chi connectivity index (χ1n) is 4.18. The average Bonchev–Trinajstić information content (AvgIpc) is 2.01. The van der Waals surface area contributed by atoms with Crippen LogP contribution in [0.1, 0.15) is 31.1 Å². The van der Waals surface area contributed by atoms with Gasteiger partial charge in [-0.1, -0.05) is 0 Å². The van der Waals surface area contributed by atoms with Crippen LogP contribution in [0.25, 0.3) is 0 Å². The molecule has 0 fully saturated rings. The summed E-state index contributed by atoms with van der Waals surface area (Å²) in [6.07, 6.45) is -1.11. The zero-order chi connectivity index (χ0) is 10.9. The Morgan fingerprint density at radius 1 is 1.36 bits per heavy atom. The molecule has 1 unspecified atom stereocenters. The minimum Gasteiger partial charge on any atom is -0.389 e. The molecule has 1 rings (SSSR count). The van der Waals surface area contributed by atoms with Gasteiger partial charge in [-0.25, -0.2) is 13.2 Å². The molecule has 0 saturated heterocycles. The van der Waals surface area contributed by atoms with Crippen LogP contribution in [0, 0.1) is 5.82 Å². The topological polar surface area (TPSA) is 20.2 Å². The lowest BCUT2D eigenvalue weighted by atomic mass is 9.99. The molecule has 0 saturated carbocycles. The summed E-state index contributed by atoms with van der Waals surface area (Å²) in [5, 5.41) is 9.19. The Labute approximate surface area is 80.2 Å². The van der Waals surface area contributed by atoms with Crippen LogP contribution in [0.4, 0.5) is 13.2 Å². The maximum absolute atomic E-state index is 13.0. The molecule has 14 heavy (non-hydrogen) atoms. The quantitative estimate of drug-likeness (QED) is 0.785. The predicted octanol–water partition coefficient (Wildman–Crippen LogP) is 2.99. The molecule has 0 bridgehead atoms. The Kier molecular flexibility index (Phi) is 2.85. The Morgan fingerprint density at radius 3 is 2.36 bits per heavy atom. The van der Waals surface area contributed by atoms with Gasteiger partial charge in [0.05, 0.1) is 6.10 Å². The molecule has 1 nitrogen and oxygen atoms in total. The number of halogens is 3. The van der Waals surface area contributed by atoms with E-state index in [2.05, 4.69) is 0 Å². The number of hydrogen-bond donors (Lipinski definition) is 1. The molecule has 78 valence electrons. The third kappa shape index (κ3) is 2.26. The first-order chi connectivity index (χ1) is 6.32. The molecule has 0 radical (unpaired) electrons. The zero-order valence-electron chi connectivity index (χ0n) is 7.89. The van der Waals surface area contributed by atoms with Crippen molar-refractivity contribution in [1.82, 2.24) is 0 Å².